The fourth-order valence-electron chi connectivity index (χ4n) is 1.87. The smallest absolute Gasteiger partial charge is 0.145 e. The van der Waals surface area contributed by atoms with E-state index in [-0.39, 0.29) is 0 Å². The van der Waals surface area contributed by atoms with Gasteiger partial charge in [0.25, 0.3) is 0 Å². The van der Waals surface area contributed by atoms with Crippen LogP contribution in [0.15, 0.2) is 42.5 Å². The predicted molar refractivity (Wildman–Crippen MR) is 71.8 cm³/mol. The van der Waals surface area contributed by atoms with Gasteiger partial charge in [0.2, 0.25) is 0 Å². The van der Waals surface area contributed by atoms with Crippen LogP contribution in [-0.4, -0.2) is 0 Å². The minimum atomic E-state index is 0.552. The molecule has 0 unspecified atom stereocenters. The number of hydrogen-bond acceptors (Lipinski definition) is 2. The van der Waals surface area contributed by atoms with Gasteiger partial charge in [-0.25, -0.2) is 0 Å². The molecule has 2 aromatic carbocycles. The average Bonchev–Trinajstić information content (AvgIpc) is 2.41. The van der Waals surface area contributed by atoms with E-state index >= 15 is 0 Å². The maximum Gasteiger partial charge on any atom is 0.145 e. The number of aryl methyl sites for hydroxylation is 2. The molecule has 0 atom stereocenters. The molecular formula is C16H15NO. The zero-order valence-electron chi connectivity index (χ0n) is 10.6. The topological polar surface area (TPSA) is 33.0 Å². The lowest BCUT2D eigenvalue weighted by Gasteiger charge is -2.10. The lowest BCUT2D eigenvalue weighted by molar-refractivity contribution is 0.480. The van der Waals surface area contributed by atoms with Gasteiger partial charge in [-0.2, -0.15) is 5.26 Å². The predicted octanol–water partition coefficient (Wildman–Crippen LogP) is 4.22. The fraction of sp³-hybridized carbons (Fsp3) is 0.188. The lowest BCUT2D eigenvalue weighted by atomic mass is 10.1. The summed E-state index contributed by atoms with van der Waals surface area (Å²) < 4.78 is 5.78. The van der Waals surface area contributed by atoms with Gasteiger partial charge in [0.15, 0.2) is 0 Å². The molecule has 0 radical (unpaired) electrons. The summed E-state index contributed by atoms with van der Waals surface area (Å²) in [6.45, 7) is 4.21. The highest BCUT2D eigenvalue weighted by Crippen LogP contribution is 2.26. The van der Waals surface area contributed by atoms with E-state index in [0.717, 1.165) is 12.2 Å². The number of rotatable bonds is 3. The van der Waals surface area contributed by atoms with Gasteiger partial charge < -0.3 is 4.74 Å². The van der Waals surface area contributed by atoms with Crippen LogP contribution in [0, 0.1) is 18.3 Å². The summed E-state index contributed by atoms with van der Waals surface area (Å²) in [7, 11) is 0. The molecular weight excluding hydrogens is 222 g/mol. The lowest BCUT2D eigenvalue weighted by Crippen LogP contribution is -1.91. The molecule has 2 rings (SSSR count). The average molecular weight is 237 g/mol. The molecule has 0 N–H and O–H groups in total. The van der Waals surface area contributed by atoms with E-state index in [9.17, 15) is 0 Å². The summed E-state index contributed by atoms with van der Waals surface area (Å²) in [5, 5.41) is 9.01. The quantitative estimate of drug-likeness (QED) is 0.800. The summed E-state index contributed by atoms with van der Waals surface area (Å²) in [6, 6.07) is 15.4. The van der Waals surface area contributed by atoms with Crippen molar-refractivity contribution in [1.29, 1.82) is 5.26 Å². The molecule has 0 saturated heterocycles. The van der Waals surface area contributed by atoms with E-state index in [1.807, 2.05) is 36.4 Å². The highest BCUT2D eigenvalue weighted by molar-refractivity contribution is 5.46. The first-order valence-corrected chi connectivity index (χ1v) is 6.01. The Morgan fingerprint density at radius 2 is 1.94 bits per heavy atom. The zero-order chi connectivity index (χ0) is 13.0. The Bertz CT molecular complexity index is 596. The number of benzene rings is 2. The standard InChI is InChI=1S/C16H15NO/c1-3-13-10-15(9-8-12(13)2)18-16-7-5-4-6-14(16)11-17/h4-10H,3H2,1-2H3. The van der Waals surface area contributed by atoms with Crippen LogP contribution in [0.5, 0.6) is 11.5 Å². The normalized spacial score (nSPS) is 9.83. The molecule has 0 aromatic heterocycles. The van der Waals surface area contributed by atoms with E-state index < -0.39 is 0 Å². The molecule has 18 heavy (non-hydrogen) atoms. The second-order valence-corrected chi connectivity index (χ2v) is 4.15. The molecule has 0 amide bonds. The first-order chi connectivity index (χ1) is 8.74. The highest BCUT2D eigenvalue weighted by Gasteiger charge is 2.05. The van der Waals surface area contributed by atoms with Crippen molar-refractivity contribution in [3.05, 3.63) is 59.2 Å². The van der Waals surface area contributed by atoms with Crippen molar-refractivity contribution in [1.82, 2.24) is 0 Å². The number of ether oxygens (including phenoxy) is 1. The Morgan fingerprint density at radius 3 is 2.67 bits per heavy atom. The van der Waals surface area contributed by atoms with Crippen LogP contribution in [0.4, 0.5) is 0 Å². The van der Waals surface area contributed by atoms with Crippen LogP contribution >= 0.6 is 0 Å². The maximum atomic E-state index is 9.01. The van der Waals surface area contributed by atoms with Gasteiger partial charge in [-0.3, -0.25) is 0 Å². The van der Waals surface area contributed by atoms with E-state index in [2.05, 4.69) is 19.9 Å². The zero-order valence-corrected chi connectivity index (χ0v) is 10.6. The Labute approximate surface area is 107 Å². The Balaban J connectivity index is 2.32. The molecule has 90 valence electrons. The van der Waals surface area contributed by atoms with Gasteiger partial charge in [-0.1, -0.05) is 25.1 Å². The van der Waals surface area contributed by atoms with Crippen molar-refractivity contribution in [2.75, 3.05) is 0 Å². The Hall–Kier alpha value is -2.27. The van der Waals surface area contributed by atoms with Gasteiger partial charge >= 0.3 is 0 Å². The van der Waals surface area contributed by atoms with Crippen LogP contribution in [0.1, 0.15) is 23.6 Å². The third kappa shape index (κ3) is 2.52. The molecule has 0 aliphatic carbocycles. The van der Waals surface area contributed by atoms with E-state index in [4.69, 9.17) is 10.00 Å². The van der Waals surface area contributed by atoms with Crippen LogP contribution in [0.3, 0.4) is 0 Å². The van der Waals surface area contributed by atoms with Crippen molar-refractivity contribution < 1.29 is 4.74 Å². The van der Waals surface area contributed by atoms with Crippen molar-refractivity contribution in [2.24, 2.45) is 0 Å². The van der Waals surface area contributed by atoms with Crippen molar-refractivity contribution in [3.8, 4) is 17.6 Å². The summed E-state index contributed by atoms with van der Waals surface area (Å²) in [5.41, 5.74) is 3.08. The molecule has 2 nitrogen and oxygen atoms in total. The monoisotopic (exact) mass is 237 g/mol. The summed E-state index contributed by atoms with van der Waals surface area (Å²) in [5.74, 6) is 1.38. The van der Waals surface area contributed by atoms with Crippen molar-refractivity contribution in [3.63, 3.8) is 0 Å². The van der Waals surface area contributed by atoms with Crippen molar-refractivity contribution in [2.45, 2.75) is 20.3 Å². The van der Waals surface area contributed by atoms with Gasteiger partial charge in [0.1, 0.15) is 17.6 Å². The first kappa shape index (κ1) is 12.2. The second kappa shape index (κ2) is 5.37. The Kier molecular flexibility index (Phi) is 3.64. The van der Waals surface area contributed by atoms with E-state index in [1.165, 1.54) is 11.1 Å². The minimum Gasteiger partial charge on any atom is -0.456 e. The van der Waals surface area contributed by atoms with E-state index in [0.29, 0.717) is 11.3 Å². The van der Waals surface area contributed by atoms with Crippen LogP contribution in [0.25, 0.3) is 0 Å². The highest BCUT2D eigenvalue weighted by atomic mass is 16.5. The van der Waals surface area contributed by atoms with Gasteiger partial charge in [-0.15, -0.1) is 0 Å². The Morgan fingerprint density at radius 1 is 1.17 bits per heavy atom. The molecule has 0 spiro atoms. The van der Waals surface area contributed by atoms with Crippen LogP contribution in [-0.2, 0) is 6.42 Å². The molecule has 0 fully saturated rings. The molecule has 0 saturated carbocycles. The third-order valence-electron chi connectivity index (χ3n) is 2.94. The number of hydrogen-bond donors (Lipinski definition) is 0. The van der Waals surface area contributed by atoms with Crippen LogP contribution < -0.4 is 4.74 Å². The SMILES string of the molecule is CCc1cc(Oc2ccccc2C#N)ccc1C. The number of para-hydroxylation sites is 1. The minimum absolute atomic E-state index is 0.552. The summed E-state index contributed by atoms with van der Waals surface area (Å²) >= 11 is 0. The molecule has 2 heteroatoms. The number of nitriles is 1. The molecule has 0 aliphatic heterocycles. The summed E-state index contributed by atoms with van der Waals surface area (Å²) in [6.07, 6.45) is 0.975. The van der Waals surface area contributed by atoms with Gasteiger partial charge in [-0.05, 0) is 48.7 Å². The molecule has 0 aliphatic rings. The second-order valence-electron chi connectivity index (χ2n) is 4.15. The van der Waals surface area contributed by atoms with Gasteiger partial charge in [0, 0.05) is 0 Å². The first-order valence-electron chi connectivity index (χ1n) is 6.01. The number of nitrogens with zero attached hydrogens (tertiary/aromatic N) is 1. The molecule has 0 bridgehead atoms. The molecule has 0 heterocycles. The van der Waals surface area contributed by atoms with Crippen molar-refractivity contribution >= 4 is 0 Å². The maximum absolute atomic E-state index is 9.01. The van der Waals surface area contributed by atoms with Gasteiger partial charge in [0.05, 0.1) is 5.56 Å². The molecule has 2 aromatic rings. The third-order valence-corrected chi connectivity index (χ3v) is 2.94. The van der Waals surface area contributed by atoms with E-state index in [1.54, 1.807) is 6.07 Å². The largest absolute Gasteiger partial charge is 0.456 e. The van der Waals surface area contributed by atoms with Crippen LogP contribution in [0.2, 0.25) is 0 Å². The fourth-order valence-corrected chi connectivity index (χ4v) is 1.87. The summed E-state index contributed by atoms with van der Waals surface area (Å²) in [4.78, 5) is 0.